The lowest BCUT2D eigenvalue weighted by atomic mass is 10.1. The molecule has 1 aromatic heterocycles. The number of amides is 1. The zero-order valence-electron chi connectivity index (χ0n) is 15.9. The first-order valence-electron chi connectivity index (χ1n) is 9.03. The van der Waals surface area contributed by atoms with Gasteiger partial charge in [0.15, 0.2) is 0 Å². The second-order valence-electron chi connectivity index (χ2n) is 6.44. The van der Waals surface area contributed by atoms with E-state index in [1.807, 2.05) is 6.92 Å². The van der Waals surface area contributed by atoms with Crippen LogP contribution in [0.1, 0.15) is 35.0 Å². The van der Waals surface area contributed by atoms with Crippen molar-refractivity contribution in [1.29, 1.82) is 0 Å². The predicted molar refractivity (Wildman–Crippen MR) is 104 cm³/mol. The van der Waals surface area contributed by atoms with Crippen molar-refractivity contribution in [3.8, 4) is 17.0 Å². The van der Waals surface area contributed by atoms with Crippen LogP contribution in [-0.4, -0.2) is 23.2 Å². The van der Waals surface area contributed by atoms with E-state index in [0.29, 0.717) is 40.4 Å². The van der Waals surface area contributed by atoms with Crippen molar-refractivity contribution in [1.82, 2.24) is 10.2 Å². The van der Waals surface area contributed by atoms with E-state index < -0.39 is 11.7 Å². The molecule has 0 radical (unpaired) electrons. The van der Waals surface area contributed by atoms with Gasteiger partial charge in [-0.15, -0.1) is 0 Å². The lowest BCUT2D eigenvalue weighted by Gasteiger charge is -2.10. The highest BCUT2D eigenvalue weighted by molar-refractivity contribution is 6.06. The van der Waals surface area contributed by atoms with Gasteiger partial charge < -0.3 is 10.1 Å². The number of ether oxygens (including phenoxy) is 1. The highest BCUT2D eigenvalue weighted by Crippen LogP contribution is 2.34. The molecule has 0 spiro atoms. The molecule has 0 aliphatic rings. The maximum absolute atomic E-state index is 12.8. The summed E-state index contributed by atoms with van der Waals surface area (Å²) in [5.41, 5.74) is 1.67. The van der Waals surface area contributed by atoms with Crippen LogP contribution >= 0.6 is 0 Å². The number of aromatic nitrogens is 2. The number of carbonyl (C=O) groups is 1. The number of aromatic amines is 1. The molecule has 1 amide bonds. The van der Waals surface area contributed by atoms with Gasteiger partial charge in [0.2, 0.25) is 0 Å². The molecule has 0 aliphatic carbocycles. The van der Waals surface area contributed by atoms with E-state index in [1.54, 1.807) is 24.3 Å². The van der Waals surface area contributed by atoms with Gasteiger partial charge in [0.25, 0.3) is 5.91 Å². The van der Waals surface area contributed by atoms with Crippen molar-refractivity contribution in [2.75, 3.05) is 12.4 Å². The van der Waals surface area contributed by atoms with Gasteiger partial charge in [0, 0.05) is 11.1 Å². The monoisotopic (exact) mass is 403 g/mol. The molecular formula is C21H20F3N3O2. The number of methoxy groups -OCH3 is 1. The Balaban J connectivity index is 1.95. The van der Waals surface area contributed by atoms with Gasteiger partial charge in [0.05, 0.1) is 24.1 Å². The molecule has 3 rings (SSSR count). The molecule has 2 aromatic carbocycles. The number of benzene rings is 2. The minimum Gasteiger partial charge on any atom is -0.497 e. The number of anilines is 1. The maximum Gasteiger partial charge on any atom is 0.416 e. The molecule has 1 heterocycles. The largest absolute Gasteiger partial charge is 0.497 e. The average molecular weight is 403 g/mol. The molecule has 0 fully saturated rings. The normalized spacial score (nSPS) is 11.3. The fraction of sp³-hybridized carbons (Fsp3) is 0.238. The number of halogens is 3. The standard InChI is InChI=1S/C21H20F3N3O2/c1-3-5-17-19(25-20(28)14-6-4-7-16(12-14)29-2)18(27-26-17)13-8-10-15(11-9-13)21(22,23)24/h4,6-12H,3,5H2,1-2H3,(H,25,28)(H,26,27). The molecule has 2 N–H and O–H groups in total. The number of rotatable bonds is 6. The van der Waals surface area contributed by atoms with E-state index in [0.717, 1.165) is 18.6 Å². The van der Waals surface area contributed by atoms with Crippen LogP contribution in [0, 0.1) is 0 Å². The summed E-state index contributed by atoms with van der Waals surface area (Å²) in [7, 11) is 1.51. The highest BCUT2D eigenvalue weighted by Gasteiger charge is 2.30. The number of carbonyl (C=O) groups excluding carboxylic acids is 1. The number of hydrogen-bond donors (Lipinski definition) is 2. The van der Waals surface area contributed by atoms with Crippen LogP contribution in [0.25, 0.3) is 11.3 Å². The summed E-state index contributed by atoms with van der Waals surface area (Å²) in [4.78, 5) is 12.7. The Labute approximate surface area is 165 Å². The van der Waals surface area contributed by atoms with Gasteiger partial charge in [-0.2, -0.15) is 18.3 Å². The van der Waals surface area contributed by atoms with Crippen LogP contribution in [-0.2, 0) is 12.6 Å². The highest BCUT2D eigenvalue weighted by atomic mass is 19.4. The van der Waals surface area contributed by atoms with Gasteiger partial charge >= 0.3 is 6.18 Å². The SMILES string of the molecule is CCCc1[nH]nc(-c2ccc(C(F)(F)F)cc2)c1NC(=O)c1cccc(OC)c1. The topological polar surface area (TPSA) is 67.0 Å². The lowest BCUT2D eigenvalue weighted by Crippen LogP contribution is -2.13. The second kappa shape index (κ2) is 8.38. The van der Waals surface area contributed by atoms with E-state index in [-0.39, 0.29) is 5.91 Å². The predicted octanol–water partition coefficient (Wildman–Crippen LogP) is 5.31. The minimum absolute atomic E-state index is 0.365. The number of nitrogens with one attached hydrogen (secondary N) is 2. The molecule has 152 valence electrons. The van der Waals surface area contributed by atoms with Gasteiger partial charge in [-0.05, 0) is 36.8 Å². The first-order chi connectivity index (χ1) is 13.8. The van der Waals surface area contributed by atoms with Gasteiger partial charge in [-0.1, -0.05) is 31.5 Å². The first kappa shape index (κ1) is 20.4. The zero-order chi connectivity index (χ0) is 21.0. The van der Waals surface area contributed by atoms with E-state index in [1.165, 1.54) is 19.2 Å². The Bertz CT molecular complexity index is 995. The van der Waals surface area contributed by atoms with Crippen LogP contribution in [0.2, 0.25) is 0 Å². The molecule has 0 aliphatic heterocycles. The molecule has 0 atom stereocenters. The minimum atomic E-state index is -4.42. The Hall–Kier alpha value is -3.29. The molecule has 5 nitrogen and oxygen atoms in total. The summed E-state index contributed by atoms with van der Waals surface area (Å²) in [6.45, 7) is 1.98. The van der Waals surface area contributed by atoms with Crippen LogP contribution in [0.15, 0.2) is 48.5 Å². The third-order valence-electron chi connectivity index (χ3n) is 4.40. The third kappa shape index (κ3) is 4.59. The molecule has 8 heteroatoms. The molecule has 0 unspecified atom stereocenters. The summed E-state index contributed by atoms with van der Waals surface area (Å²) in [6, 6.07) is 11.4. The molecular weight excluding hydrogens is 383 g/mol. The van der Waals surface area contributed by atoms with E-state index in [9.17, 15) is 18.0 Å². The van der Waals surface area contributed by atoms with Crippen LogP contribution in [0.5, 0.6) is 5.75 Å². The fourth-order valence-electron chi connectivity index (χ4n) is 2.92. The summed E-state index contributed by atoms with van der Waals surface area (Å²) >= 11 is 0. The first-order valence-corrected chi connectivity index (χ1v) is 9.03. The van der Waals surface area contributed by atoms with Crippen molar-refractivity contribution in [3.63, 3.8) is 0 Å². The summed E-state index contributed by atoms with van der Waals surface area (Å²) < 4.78 is 43.7. The van der Waals surface area contributed by atoms with Crippen molar-refractivity contribution in [2.45, 2.75) is 25.9 Å². The van der Waals surface area contributed by atoms with E-state index >= 15 is 0 Å². The summed E-state index contributed by atoms with van der Waals surface area (Å²) in [5.74, 6) is 0.178. The Morgan fingerprint density at radius 3 is 2.52 bits per heavy atom. The van der Waals surface area contributed by atoms with E-state index in [2.05, 4.69) is 15.5 Å². The Kier molecular flexibility index (Phi) is 5.91. The zero-order valence-corrected chi connectivity index (χ0v) is 15.9. The lowest BCUT2D eigenvalue weighted by molar-refractivity contribution is -0.137. The van der Waals surface area contributed by atoms with Crippen molar-refractivity contribution in [2.24, 2.45) is 0 Å². The average Bonchev–Trinajstić information content (AvgIpc) is 3.10. The number of H-pyrrole nitrogens is 1. The Morgan fingerprint density at radius 2 is 1.90 bits per heavy atom. The fourth-order valence-corrected chi connectivity index (χ4v) is 2.92. The maximum atomic E-state index is 12.8. The third-order valence-corrected chi connectivity index (χ3v) is 4.40. The molecule has 0 saturated carbocycles. The van der Waals surface area contributed by atoms with Gasteiger partial charge in [0.1, 0.15) is 11.4 Å². The number of hydrogen-bond acceptors (Lipinski definition) is 3. The van der Waals surface area contributed by atoms with Crippen molar-refractivity contribution in [3.05, 3.63) is 65.4 Å². The van der Waals surface area contributed by atoms with Gasteiger partial charge in [-0.3, -0.25) is 9.89 Å². The molecule has 29 heavy (non-hydrogen) atoms. The molecule has 0 saturated heterocycles. The second-order valence-corrected chi connectivity index (χ2v) is 6.44. The van der Waals surface area contributed by atoms with Crippen LogP contribution < -0.4 is 10.1 Å². The summed E-state index contributed by atoms with van der Waals surface area (Å²) in [6.07, 6.45) is -2.99. The number of nitrogens with zero attached hydrogens (tertiary/aromatic N) is 1. The summed E-state index contributed by atoms with van der Waals surface area (Å²) in [5, 5.41) is 9.96. The molecule has 0 bridgehead atoms. The van der Waals surface area contributed by atoms with Crippen molar-refractivity contribution < 1.29 is 22.7 Å². The van der Waals surface area contributed by atoms with E-state index in [4.69, 9.17) is 4.74 Å². The Morgan fingerprint density at radius 1 is 1.17 bits per heavy atom. The van der Waals surface area contributed by atoms with Crippen LogP contribution in [0.4, 0.5) is 18.9 Å². The van der Waals surface area contributed by atoms with Crippen molar-refractivity contribution >= 4 is 11.6 Å². The van der Waals surface area contributed by atoms with Gasteiger partial charge in [-0.25, -0.2) is 0 Å². The number of aryl methyl sites for hydroxylation is 1. The van der Waals surface area contributed by atoms with Crippen LogP contribution in [0.3, 0.4) is 0 Å². The number of alkyl halides is 3. The quantitative estimate of drug-likeness (QED) is 0.586. The smallest absolute Gasteiger partial charge is 0.416 e. The molecule has 3 aromatic rings.